The van der Waals surface area contributed by atoms with Crippen molar-refractivity contribution in [2.45, 2.75) is 124 Å². The molecule has 0 heterocycles. The maximum Gasteiger partial charge on any atom is 0.209 e. The van der Waals surface area contributed by atoms with E-state index in [1.54, 1.807) is 6.92 Å². The number of aryl methyl sites for hydroxylation is 1. The average Bonchev–Trinajstić information content (AvgIpc) is 2.92. The lowest BCUT2D eigenvalue weighted by Crippen LogP contribution is -2.67. The number of Topliss-reactive ketones (excluding diaryl/α,β-unsaturated/α-hetero) is 3. The molecule has 4 atom stereocenters. The minimum absolute atomic E-state index is 0.0675. The lowest BCUT2D eigenvalue weighted by atomic mass is 9.44. The zero-order valence-corrected chi connectivity index (χ0v) is 27.5. The minimum Gasteiger partial charge on any atom is -0.511 e. The Morgan fingerprint density at radius 2 is 1.66 bits per heavy atom. The monoisotopic (exact) mass is 606 g/mol. The molecule has 5 rings (SSSR count). The molecule has 1 unspecified atom stereocenters. The van der Waals surface area contributed by atoms with Crippen molar-refractivity contribution < 1.29 is 34.8 Å². The van der Waals surface area contributed by atoms with Crippen LogP contribution in [0.2, 0.25) is 0 Å². The molecular weight excluding hydrogens is 556 g/mol. The highest BCUT2D eigenvalue weighted by molar-refractivity contribution is 6.25. The molecule has 0 spiro atoms. The molecule has 0 amide bonds. The van der Waals surface area contributed by atoms with Gasteiger partial charge in [-0.15, -0.1) is 0 Å². The number of phenolic OH excluding ortho intramolecular Hbond substituents is 1. The van der Waals surface area contributed by atoms with Crippen LogP contribution in [-0.2, 0) is 22.4 Å². The predicted octanol–water partition coefficient (Wildman–Crippen LogP) is 7.37. The summed E-state index contributed by atoms with van der Waals surface area (Å²) in [6, 6.07) is 2.04. The molecule has 4 N–H and O–H groups in total. The van der Waals surface area contributed by atoms with Gasteiger partial charge in [0.25, 0.3) is 0 Å². The lowest BCUT2D eigenvalue weighted by molar-refractivity contribution is -0.171. The number of carbonyl (C=O) groups is 3. The molecule has 1 aromatic carbocycles. The molecule has 0 saturated heterocycles. The fourth-order valence-corrected chi connectivity index (χ4v) is 9.65. The third kappa shape index (κ3) is 4.59. The van der Waals surface area contributed by atoms with E-state index in [9.17, 15) is 34.8 Å². The van der Waals surface area contributed by atoms with E-state index >= 15 is 0 Å². The number of aliphatic hydroxyl groups is 3. The maximum atomic E-state index is 14.5. The van der Waals surface area contributed by atoms with Crippen LogP contribution in [0.4, 0.5) is 0 Å². The van der Waals surface area contributed by atoms with Gasteiger partial charge in [0.15, 0.2) is 17.2 Å². The Labute approximate surface area is 261 Å². The van der Waals surface area contributed by atoms with Gasteiger partial charge in [-0.05, 0) is 67.1 Å². The highest BCUT2D eigenvalue weighted by Gasteiger charge is 2.71. The topological polar surface area (TPSA) is 132 Å². The second-order valence-corrected chi connectivity index (χ2v) is 15.3. The van der Waals surface area contributed by atoms with Gasteiger partial charge in [0.05, 0.1) is 5.56 Å². The highest BCUT2D eigenvalue weighted by atomic mass is 16.3. The molecule has 7 heteroatoms. The van der Waals surface area contributed by atoms with Crippen LogP contribution in [0.5, 0.6) is 5.75 Å². The van der Waals surface area contributed by atoms with E-state index in [0.717, 1.165) is 30.9 Å². The van der Waals surface area contributed by atoms with E-state index in [1.165, 1.54) is 32.1 Å². The summed E-state index contributed by atoms with van der Waals surface area (Å²) in [5.41, 5.74) is -3.07. The number of benzene rings is 1. The second-order valence-electron chi connectivity index (χ2n) is 15.3. The normalized spacial score (nSPS) is 31.0. The third-order valence-electron chi connectivity index (χ3n) is 11.5. The molecule has 0 aromatic heterocycles. The van der Waals surface area contributed by atoms with Crippen molar-refractivity contribution in [1.29, 1.82) is 0 Å². The Kier molecular flexibility index (Phi) is 8.23. The van der Waals surface area contributed by atoms with Crippen LogP contribution < -0.4 is 0 Å². The number of hydrogen-bond donors (Lipinski definition) is 4. The number of allylic oxidation sites excluding steroid dienone is 2. The van der Waals surface area contributed by atoms with Crippen LogP contribution in [0.25, 0.3) is 0 Å². The number of carbonyl (C=O) groups excluding carboxylic acids is 3. The standard InChI is InChI=1S/C37H50O7/c1-19(2)24-16-23(15-11-14-22-12-9-8-10-13-22)30(39)27-25(24)17-35(6)18-36(7)28(20(3)4)31(40)26(21(5)38)33(42)37(36,44)34(43)29(35)32(27)41/h16,19-20,22,28,39-40,43-44H,8-15,17-18H2,1-7H3/t28?,35-,36-,37+/m1/s1. The first-order chi connectivity index (χ1) is 20.5. The summed E-state index contributed by atoms with van der Waals surface area (Å²) in [6.45, 7) is 12.5. The summed E-state index contributed by atoms with van der Waals surface area (Å²) < 4.78 is 0. The van der Waals surface area contributed by atoms with Gasteiger partial charge < -0.3 is 20.4 Å². The molecule has 240 valence electrons. The Morgan fingerprint density at radius 1 is 1.02 bits per heavy atom. The van der Waals surface area contributed by atoms with Crippen molar-refractivity contribution in [2.75, 3.05) is 0 Å². The molecule has 1 saturated carbocycles. The molecule has 0 aliphatic heterocycles. The summed E-state index contributed by atoms with van der Waals surface area (Å²) in [7, 11) is 0. The van der Waals surface area contributed by atoms with Gasteiger partial charge >= 0.3 is 0 Å². The number of rotatable bonds is 7. The van der Waals surface area contributed by atoms with E-state index < -0.39 is 51.0 Å². The van der Waals surface area contributed by atoms with Gasteiger partial charge in [-0.1, -0.05) is 86.1 Å². The van der Waals surface area contributed by atoms with Crippen LogP contribution in [0, 0.1) is 28.6 Å². The zero-order chi connectivity index (χ0) is 32.5. The van der Waals surface area contributed by atoms with E-state index in [1.807, 2.05) is 26.8 Å². The van der Waals surface area contributed by atoms with Gasteiger partial charge in [0, 0.05) is 22.3 Å². The Balaban J connectivity index is 1.66. The van der Waals surface area contributed by atoms with Crippen molar-refractivity contribution in [1.82, 2.24) is 0 Å². The van der Waals surface area contributed by atoms with E-state index in [2.05, 4.69) is 13.8 Å². The fraction of sp³-hybridized carbons (Fsp3) is 0.649. The maximum absolute atomic E-state index is 14.5. The van der Waals surface area contributed by atoms with Crippen molar-refractivity contribution >= 4 is 17.3 Å². The smallest absolute Gasteiger partial charge is 0.209 e. The summed E-state index contributed by atoms with van der Waals surface area (Å²) >= 11 is 0. The first kappa shape index (κ1) is 32.5. The van der Waals surface area contributed by atoms with Gasteiger partial charge in [0.2, 0.25) is 5.78 Å². The summed E-state index contributed by atoms with van der Waals surface area (Å²) in [4.78, 5) is 41.1. The molecule has 0 bridgehead atoms. The van der Waals surface area contributed by atoms with Gasteiger partial charge in [-0.3, -0.25) is 14.4 Å². The largest absolute Gasteiger partial charge is 0.511 e. The number of hydrogen-bond acceptors (Lipinski definition) is 7. The number of aromatic hydroxyl groups is 1. The van der Waals surface area contributed by atoms with Crippen molar-refractivity contribution in [3.8, 4) is 5.75 Å². The van der Waals surface area contributed by atoms with Crippen LogP contribution in [-0.4, -0.2) is 43.4 Å². The number of aliphatic hydroxyl groups excluding tert-OH is 2. The van der Waals surface area contributed by atoms with Crippen LogP contribution in [0.1, 0.15) is 133 Å². The molecule has 44 heavy (non-hydrogen) atoms. The third-order valence-corrected chi connectivity index (χ3v) is 11.5. The number of fused-ring (bicyclic) bond motifs is 3. The van der Waals surface area contributed by atoms with Gasteiger partial charge in [0.1, 0.15) is 22.8 Å². The molecular formula is C37H50O7. The molecule has 4 aliphatic carbocycles. The number of ketones is 3. The summed E-state index contributed by atoms with van der Waals surface area (Å²) in [5.74, 6) is -3.97. The molecule has 1 fully saturated rings. The van der Waals surface area contributed by atoms with Gasteiger partial charge in [-0.2, -0.15) is 0 Å². The quantitative estimate of drug-likeness (QED) is 0.238. The Hall–Kier alpha value is -2.93. The van der Waals surface area contributed by atoms with Crippen molar-refractivity contribution in [3.63, 3.8) is 0 Å². The minimum atomic E-state index is -2.59. The van der Waals surface area contributed by atoms with Gasteiger partial charge in [-0.25, -0.2) is 0 Å². The first-order valence-electron chi connectivity index (χ1n) is 16.6. The van der Waals surface area contributed by atoms with Crippen LogP contribution in [0.15, 0.2) is 28.7 Å². The van der Waals surface area contributed by atoms with E-state index in [4.69, 9.17) is 0 Å². The zero-order valence-electron chi connectivity index (χ0n) is 27.5. The summed E-state index contributed by atoms with van der Waals surface area (Å²) in [5, 5.41) is 47.2. The van der Waals surface area contributed by atoms with Crippen LogP contribution in [0.3, 0.4) is 0 Å². The van der Waals surface area contributed by atoms with E-state index in [0.29, 0.717) is 24.3 Å². The average molecular weight is 607 g/mol. The predicted molar refractivity (Wildman–Crippen MR) is 169 cm³/mol. The fourth-order valence-electron chi connectivity index (χ4n) is 9.65. The lowest BCUT2D eigenvalue weighted by Gasteiger charge is -2.59. The number of phenols is 1. The SMILES string of the molecule is CC(=O)C1=C(O)C(C(C)C)[C@@]2(C)C[C@@]3(C)Cc4c(C(C)C)cc(CCCC5CCCCC5)c(O)c4C(=O)C3=C(O)[C@@]2(O)C1=O. The Morgan fingerprint density at radius 3 is 2.23 bits per heavy atom. The molecule has 4 aliphatic rings. The van der Waals surface area contributed by atoms with Crippen LogP contribution >= 0.6 is 0 Å². The van der Waals surface area contributed by atoms with Crippen molar-refractivity contribution in [3.05, 3.63) is 51.0 Å². The summed E-state index contributed by atoms with van der Waals surface area (Å²) in [6.07, 6.45) is 9.36. The molecule has 7 nitrogen and oxygen atoms in total. The van der Waals surface area contributed by atoms with Crippen molar-refractivity contribution in [2.24, 2.45) is 28.6 Å². The molecule has 0 radical (unpaired) electrons. The second kappa shape index (κ2) is 11.1. The van der Waals surface area contributed by atoms with E-state index in [-0.39, 0.29) is 40.9 Å². The highest BCUT2D eigenvalue weighted by Crippen LogP contribution is 2.65. The molecule has 1 aromatic rings. The first-order valence-corrected chi connectivity index (χ1v) is 16.6. The Bertz CT molecular complexity index is 1470.